The molecule has 1 heterocycles. The van der Waals surface area contributed by atoms with Crippen LogP contribution in [0.5, 0.6) is 5.75 Å². The Morgan fingerprint density at radius 1 is 1.35 bits per heavy atom. The van der Waals surface area contributed by atoms with E-state index in [2.05, 4.69) is 4.57 Å². The summed E-state index contributed by atoms with van der Waals surface area (Å²) in [7, 11) is 0. The Morgan fingerprint density at radius 2 is 2.15 bits per heavy atom. The number of ether oxygens (including phenoxy) is 1. The van der Waals surface area contributed by atoms with Gasteiger partial charge in [-0.05, 0) is 56.4 Å². The lowest BCUT2D eigenvalue weighted by Gasteiger charge is -2.15. The molecule has 0 saturated heterocycles. The van der Waals surface area contributed by atoms with E-state index in [1.807, 2.05) is 13.0 Å². The number of fused-ring (bicyclic) bond motifs is 3. The maximum absolute atomic E-state index is 11.8. The van der Waals surface area contributed by atoms with Gasteiger partial charge in [0.05, 0.1) is 6.61 Å². The fourth-order valence-electron chi connectivity index (χ4n) is 3.14. The number of phenols is 1. The first-order valence-corrected chi connectivity index (χ1v) is 7.19. The van der Waals surface area contributed by atoms with Gasteiger partial charge in [-0.25, -0.2) is 0 Å². The predicted octanol–water partition coefficient (Wildman–Crippen LogP) is 2.79. The molecule has 3 rings (SSSR count). The van der Waals surface area contributed by atoms with Crippen molar-refractivity contribution in [3.63, 3.8) is 0 Å². The number of aromatic hydroxyl groups is 1. The van der Waals surface area contributed by atoms with Crippen LogP contribution in [0, 0.1) is 0 Å². The van der Waals surface area contributed by atoms with Crippen molar-refractivity contribution in [1.82, 2.24) is 4.57 Å². The third-order valence-electron chi connectivity index (χ3n) is 3.95. The fourth-order valence-corrected chi connectivity index (χ4v) is 3.14. The SMILES string of the molecule is CCOC(=O)Cn1c2c(c3cc(O)ccc31)CCCC2. The summed E-state index contributed by atoms with van der Waals surface area (Å²) in [5.74, 6) is 0.0741. The summed E-state index contributed by atoms with van der Waals surface area (Å²) in [6, 6.07) is 5.37. The summed E-state index contributed by atoms with van der Waals surface area (Å²) in [5, 5.41) is 10.8. The van der Waals surface area contributed by atoms with E-state index in [0.29, 0.717) is 6.61 Å². The van der Waals surface area contributed by atoms with Crippen molar-refractivity contribution in [3.05, 3.63) is 29.5 Å². The topological polar surface area (TPSA) is 51.5 Å². The van der Waals surface area contributed by atoms with Crippen molar-refractivity contribution >= 4 is 16.9 Å². The number of hydrogen-bond donors (Lipinski definition) is 1. The summed E-state index contributed by atoms with van der Waals surface area (Å²) in [6.45, 7) is 2.48. The fraction of sp³-hybridized carbons (Fsp3) is 0.438. The predicted molar refractivity (Wildman–Crippen MR) is 76.9 cm³/mol. The number of aromatic nitrogens is 1. The van der Waals surface area contributed by atoms with Gasteiger partial charge in [0.1, 0.15) is 12.3 Å². The van der Waals surface area contributed by atoms with Crippen LogP contribution in [-0.4, -0.2) is 22.2 Å². The number of carbonyl (C=O) groups is 1. The normalized spacial score (nSPS) is 14.2. The van der Waals surface area contributed by atoms with Gasteiger partial charge in [-0.3, -0.25) is 4.79 Å². The molecule has 0 atom stereocenters. The second-order valence-corrected chi connectivity index (χ2v) is 5.22. The minimum Gasteiger partial charge on any atom is -0.508 e. The summed E-state index contributed by atoms with van der Waals surface area (Å²) >= 11 is 0. The first-order valence-electron chi connectivity index (χ1n) is 7.19. The van der Waals surface area contributed by atoms with Gasteiger partial charge < -0.3 is 14.4 Å². The number of carbonyl (C=O) groups excluding carboxylic acids is 1. The van der Waals surface area contributed by atoms with Crippen molar-refractivity contribution < 1.29 is 14.6 Å². The zero-order valence-electron chi connectivity index (χ0n) is 11.7. The summed E-state index contributed by atoms with van der Waals surface area (Å²) in [5.41, 5.74) is 3.53. The van der Waals surface area contributed by atoms with Crippen molar-refractivity contribution in [1.29, 1.82) is 0 Å². The number of esters is 1. The second kappa shape index (κ2) is 5.19. The number of nitrogens with zero attached hydrogens (tertiary/aromatic N) is 1. The molecule has 1 aromatic heterocycles. The largest absolute Gasteiger partial charge is 0.508 e. The molecule has 0 unspecified atom stereocenters. The monoisotopic (exact) mass is 273 g/mol. The van der Waals surface area contributed by atoms with E-state index in [0.717, 1.165) is 30.2 Å². The number of aryl methyl sites for hydroxylation is 1. The Hall–Kier alpha value is -1.97. The van der Waals surface area contributed by atoms with Crippen LogP contribution < -0.4 is 0 Å². The standard InChI is InChI=1S/C16H19NO3/c1-2-20-16(19)10-17-14-6-4-3-5-12(14)13-9-11(18)7-8-15(13)17/h7-9,18H,2-6,10H2,1H3. The molecule has 1 aromatic carbocycles. The molecule has 1 aliphatic rings. The summed E-state index contributed by atoms with van der Waals surface area (Å²) in [6.07, 6.45) is 4.33. The molecule has 0 amide bonds. The van der Waals surface area contributed by atoms with E-state index in [1.165, 1.54) is 17.7 Å². The van der Waals surface area contributed by atoms with Crippen molar-refractivity contribution in [2.24, 2.45) is 0 Å². The summed E-state index contributed by atoms with van der Waals surface area (Å²) in [4.78, 5) is 11.8. The molecule has 1 N–H and O–H groups in total. The highest BCUT2D eigenvalue weighted by atomic mass is 16.5. The van der Waals surface area contributed by atoms with Crippen LogP contribution >= 0.6 is 0 Å². The highest BCUT2D eigenvalue weighted by Crippen LogP contribution is 2.34. The van der Waals surface area contributed by atoms with Gasteiger partial charge in [-0.1, -0.05) is 0 Å². The molecule has 0 bridgehead atoms. The van der Waals surface area contributed by atoms with E-state index in [1.54, 1.807) is 12.1 Å². The van der Waals surface area contributed by atoms with Crippen LogP contribution in [0.2, 0.25) is 0 Å². The minimum atomic E-state index is -0.203. The lowest BCUT2D eigenvalue weighted by atomic mass is 9.95. The van der Waals surface area contributed by atoms with Crippen molar-refractivity contribution in [3.8, 4) is 5.75 Å². The molecular formula is C16H19NO3. The number of phenolic OH excluding ortho intramolecular Hbond substituents is 1. The molecule has 106 valence electrons. The van der Waals surface area contributed by atoms with E-state index in [9.17, 15) is 9.90 Å². The van der Waals surface area contributed by atoms with Gasteiger partial charge in [-0.15, -0.1) is 0 Å². The van der Waals surface area contributed by atoms with Crippen LogP contribution in [0.1, 0.15) is 31.0 Å². The van der Waals surface area contributed by atoms with Gasteiger partial charge >= 0.3 is 5.97 Å². The molecule has 4 heteroatoms. The van der Waals surface area contributed by atoms with Crippen LogP contribution in [0.25, 0.3) is 10.9 Å². The number of benzene rings is 1. The molecule has 0 saturated carbocycles. The van der Waals surface area contributed by atoms with E-state index in [4.69, 9.17) is 4.74 Å². The maximum Gasteiger partial charge on any atom is 0.325 e. The molecule has 0 aliphatic heterocycles. The Morgan fingerprint density at radius 3 is 2.95 bits per heavy atom. The van der Waals surface area contributed by atoms with E-state index < -0.39 is 0 Å². The average Bonchev–Trinajstić information content (AvgIpc) is 2.74. The highest BCUT2D eigenvalue weighted by molar-refractivity contribution is 5.88. The smallest absolute Gasteiger partial charge is 0.325 e. The van der Waals surface area contributed by atoms with Crippen molar-refractivity contribution in [2.45, 2.75) is 39.2 Å². The minimum absolute atomic E-state index is 0.203. The summed E-state index contributed by atoms with van der Waals surface area (Å²) < 4.78 is 7.13. The lowest BCUT2D eigenvalue weighted by Crippen LogP contribution is -2.16. The zero-order valence-corrected chi connectivity index (χ0v) is 11.7. The molecule has 2 aromatic rings. The quantitative estimate of drug-likeness (QED) is 0.875. The Balaban J connectivity index is 2.12. The molecule has 0 spiro atoms. The van der Waals surface area contributed by atoms with Crippen LogP contribution in [0.3, 0.4) is 0 Å². The van der Waals surface area contributed by atoms with Crippen LogP contribution in [0.4, 0.5) is 0 Å². The van der Waals surface area contributed by atoms with Crippen LogP contribution in [-0.2, 0) is 28.9 Å². The third-order valence-corrected chi connectivity index (χ3v) is 3.95. The first-order chi connectivity index (χ1) is 9.70. The van der Waals surface area contributed by atoms with E-state index >= 15 is 0 Å². The Labute approximate surface area is 118 Å². The first kappa shape index (κ1) is 13.0. The Bertz CT molecular complexity index is 657. The van der Waals surface area contributed by atoms with E-state index in [-0.39, 0.29) is 18.3 Å². The molecule has 0 fully saturated rings. The second-order valence-electron chi connectivity index (χ2n) is 5.22. The molecule has 1 aliphatic carbocycles. The maximum atomic E-state index is 11.8. The van der Waals surface area contributed by atoms with Gasteiger partial charge in [0, 0.05) is 16.6 Å². The number of rotatable bonds is 3. The molecule has 4 nitrogen and oxygen atoms in total. The van der Waals surface area contributed by atoms with Gasteiger partial charge in [-0.2, -0.15) is 0 Å². The van der Waals surface area contributed by atoms with Crippen molar-refractivity contribution in [2.75, 3.05) is 6.61 Å². The average molecular weight is 273 g/mol. The lowest BCUT2D eigenvalue weighted by molar-refractivity contribution is -0.143. The number of hydrogen-bond acceptors (Lipinski definition) is 3. The van der Waals surface area contributed by atoms with Gasteiger partial charge in [0.15, 0.2) is 0 Å². The zero-order chi connectivity index (χ0) is 14.1. The molecule has 0 radical (unpaired) electrons. The third kappa shape index (κ3) is 2.15. The molecule has 20 heavy (non-hydrogen) atoms. The highest BCUT2D eigenvalue weighted by Gasteiger charge is 2.21. The molecular weight excluding hydrogens is 254 g/mol. The Kier molecular flexibility index (Phi) is 3.38. The van der Waals surface area contributed by atoms with Gasteiger partial charge in [0.25, 0.3) is 0 Å². The van der Waals surface area contributed by atoms with Crippen LogP contribution in [0.15, 0.2) is 18.2 Å². The van der Waals surface area contributed by atoms with Gasteiger partial charge in [0.2, 0.25) is 0 Å².